The number of nitrogens with zero attached hydrogens (tertiary/aromatic N) is 1. The Bertz CT molecular complexity index is 183. The van der Waals surface area contributed by atoms with Crippen molar-refractivity contribution in [2.45, 2.75) is 40.0 Å². The highest BCUT2D eigenvalue weighted by Crippen LogP contribution is 2.31. The lowest BCUT2D eigenvalue weighted by atomic mass is 9.93. The van der Waals surface area contributed by atoms with E-state index in [1.807, 2.05) is 0 Å². The van der Waals surface area contributed by atoms with E-state index in [4.69, 9.17) is 5.73 Å². The predicted molar refractivity (Wildman–Crippen MR) is 66.8 cm³/mol. The van der Waals surface area contributed by atoms with Crippen LogP contribution in [0.25, 0.3) is 0 Å². The summed E-state index contributed by atoms with van der Waals surface area (Å²) in [5, 5.41) is 0. The summed E-state index contributed by atoms with van der Waals surface area (Å²) in [4.78, 5) is 2.48. The molecular weight excluding hydrogens is 184 g/mol. The van der Waals surface area contributed by atoms with Crippen LogP contribution in [0.3, 0.4) is 0 Å². The fourth-order valence-corrected chi connectivity index (χ4v) is 2.94. The molecule has 1 aliphatic carbocycles. The van der Waals surface area contributed by atoms with Crippen molar-refractivity contribution in [3.63, 3.8) is 0 Å². The Balaban J connectivity index is 2.34. The van der Waals surface area contributed by atoms with Crippen molar-refractivity contribution in [1.82, 2.24) is 4.90 Å². The Morgan fingerprint density at radius 2 is 1.80 bits per heavy atom. The van der Waals surface area contributed by atoms with Crippen molar-refractivity contribution < 1.29 is 0 Å². The van der Waals surface area contributed by atoms with Gasteiger partial charge in [0.15, 0.2) is 0 Å². The number of hydrogen-bond acceptors (Lipinski definition) is 2. The minimum absolute atomic E-state index is 0.408. The van der Waals surface area contributed by atoms with Gasteiger partial charge in [-0.2, -0.15) is 0 Å². The van der Waals surface area contributed by atoms with Crippen LogP contribution in [0.2, 0.25) is 0 Å². The summed E-state index contributed by atoms with van der Waals surface area (Å²) in [6.45, 7) is 10.2. The number of rotatable bonds is 4. The minimum Gasteiger partial charge on any atom is -0.330 e. The summed E-state index contributed by atoms with van der Waals surface area (Å²) < 4.78 is 0. The first-order valence-electron chi connectivity index (χ1n) is 6.31. The molecule has 0 spiro atoms. The quantitative estimate of drug-likeness (QED) is 0.775. The second kappa shape index (κ2) is 5.31. The van der Waals surface area contributed by atoms with E-state index in [0.29, 0.717) is 5.41 Å². The van der Waals surface area contributed by atoms with Gasteiger partial charge in [0, 0.05) is 13.1 Å². The molecular formula is C13H28N2. The molecule has 0 saturated heterocycles. The molecule has 0 aromatic heterocycles. The topological polar surface area (TPSA) is 29.3 Å². The van der Waals surface area contributed by atoms with E-state index in [1.165, 1.54) is 32.4 Å². The lowest BCUT2D eigenvalue weighted by Gasteiger charge is -2.30. The normalized spacial score (nSPS) is 27.6. The zero-order valence-corrected chi connectivity index (χ0v) is 10.9. The van der Waals surface area contributed by atoms with Gasteiger partial charge in [-0.25, -0.2) is 0 Å². The first-order chi connectivity index (χ1) is 6.92. The van der Waals surface area contributed by atoms with Crippen molar-refractivity contribution in [2.24, 2.45) is 23.0 Å². The average Bonchev–Trinajstić information content (AvgIpc) is 2.48. The fraction of sp³-hybridized carbons (Fsp3) is 1.00. The van der Waals surface area contributed by atoms with Gasteiger partial charge in [0.2, 0.25) is 0 Å². The standard InChI is InChI=1S/C13H28N2/c1-13(2,3)10-15(4)9-12-7-5-6-11(12)8-14/h11-12H,5-10,14H2,1-4H3. The zero-order chi connectivity index (χ0) is 11.5. The summed E-state index contributed by atoms with van der Waals surface area (Å²) >= 11 is 0. The summed E-state index contributed by atoms with van der Waals surface area (Å²) in [5.41, 5.74) is 6.22. The molecule has 2 unspecified atom stereocenters. The van der Waals surface area contributed by atoms with Gasteiger partial charge in [0.05, 0.1) is 0 Å². The van der Waals surface area contributed by atoms with E-state index in [0.717, 1.165) is 18.4 Å². The SMILES string of the molecule is CN(CC1CCCC1CN)CC(C)(C)C. The number of nitrogens with two attached hydrogens (primary N) is 1. The first kappa shape index (κ1) is 13.0. The van der Waals surface area contributed by atoms with Crippen molar-refractivity contribution in [3.8, 4) is 0 Å². The molecule has 1 fully saturated rings. The molecule has 15 heavy (non-hydrogen) atoms. The molecule has 0 aromatic carbocycles. The first-order valence-corrected chi connectivity index (χ1v) is 6.31. The van der Waals surface area contributed by atoms with Crippen LogP contribution in [0.5, 0.6) is 0 Å². The third-order valence-corrected chi connectivity index (χ3v) is 3.41. The van der Waals surface area contributed by atoms with Crippen molar-refractivity contribution in [2.75, 3.05) is 26.7 Å². The molecule has 0 amide bonds. The highest BCUT2D eigenvalue weighted by molar-refractivity contribution is 4.81. The molecule has 2 atom stereocenters. The van der Waals surface area contributed by atoms with Gasteiger partial charge >= 0.3 is 0 Å². The lowest BCUT2D eigenvalue weighted by Crippen LogP contribution is -2.35. The van der Waals surface area contributed by atoms with Gasteiger partial charge in [0.25, 0.3) is 0 Å². The van der Waals surface area contributed by atoms with Crippen LogP contribution in [-0.2, 0) is 0 Å². The van der Waals surface area contributed by atoms with Gasteiger partial charge in [-0.15, -0.1) is 0 Å². The van der Waals surface area contributed by atoms with E-state index in [2.05, 4.69) is 32.7 Å². The molecule has 90 valence electrons. The third-order valence-electron chi connectivity index (χ3n) is 3.41. The molecule has 1 saturated carbocycles. The molecule has 1 rings (SSSR count). The smallest absolute Gasteiger partial charge is 0.00271 e. The molecule has 2 heteroatoms. The second-order valence-corrected chi connectivity index (χ2v) is 6.44. The summed E-state index contributed by atoms with van der Waals surface area (Å²) in [6.07, 6.45) is 4.12. The van der Waals surface area contributed by atoms with Gasteiger partial charge in [-0.05, 0) is 43.7 Å². The molecule has 1 aliphatic rings. The molecule has 0 aromatic rings. The largest absolute Gasteiger partial charge is 0.330 e. The Morgan fingerprint density at radius 1 is 1.20 bits per heavy atom. The van der Waals surface area contributed by atoms with E-state index in [-0.39, 0.29) is 0 Å². The fourth-order valence-electron chi connectivity index (χ4n) is 2.94. The third kappa shape index (κ3) is 4.52. The second-order valence-electron chi connectivity index (χ2n) is 6.44. The van der Waals surface area contributed by atoms with Crippen LogP contribution < -0.4 is 5.73 Å². The Labute approximate surface area is 95.2 Å². The highest BCUT2D eigenvalue weighted by Gasteiger charge is 2.27. The molecule has 0 aliphatic heterocycles. The Hall–Kier alpha value is -0.0800. The van der Waals surface area contributed by atoms with Crippen LogP contribution in [-0.4, -0.2) is 31.6 Å². The Morgan fingerprint density at radius 3 is 2.33 bits per heavy atom. The maximum Gasteiger partial charge on any atom is 0.00271 e. The molecule has 0 bridgehead atoms. The van der Waals surface area contributed by atoms with Gasteiger partial charge in [0.1, 0.15) is 0 Å². The molecule has 2 nitrogen and oxygen atoms in total. The van der Waals surface area contributed by atoms with E-state index >= 15 is 0 Å². The lowest BCUT2D eigenvalue weighted by molar-refractivity contribution is 0.184. The maximum absolute atomic E-state index is 5.81. The number of hydrogen-bond donors (Lipinski definition) is 1. The summed E-state index contributed by atoms with van der Waals surface area (Å²) in [7, 11) is 2.25. The molecule has 0 radical (unpaired) electrons. The van der Waals surface area contributed by atoms with E-state index in [9.17, 15) is 0 Å². The zero-order valence-electron chi connectivity index (χ0n) is 10.9. The highest BCUT2D eigenvalue weighted by atomic mass is 15.1. The van der Waals surface area contributed by atoms with E-state index in [1.54, 1.807) is 0 Å². The molecule has 0 heterocycles. The Kier molecular flexibility index (Phi) is 4.60. The van der Waals surface area contributed by atoms with E-state index < -0.39 is 0 Å². The van der Waals surface area contributed by atoms with Gasteiger partial charge in [-0.1, -0.05) is 27.2 Å². The van der Waals surface area contributed by atoms with Crippen LogP contribution in [0, 0.1) is 17.3 Å². The predicted octanol–water partition coefficient (Wildman–Crippen LogP) is 2.34. The summed E-state index contributed by atoms with van der Waals surface area (Å²) in [6, 6.07) is 0. The van der Waals surface area contributed by atoms with Crippen molar-refractivity contribution in [1.29, 1.82) is 0 Å². The van der Waals surface area contributed by atoms with Crippen molar-refractivity contribution >= 4 is 0 Å². The monoisotopic (exact) mass is 212 g/mol. The van der Waals surface area contributed by atoms with Crippen molar-refractivity contribution in [3.05, 3.63) is 0 Å². The minimum atomic E-state index is 0.408. The molecule has 2 N–H and O–H groups in total. The van der Waals surface area contributed by atoms with Crippen LogP contribution in [0.4, 0.5) is 0 Å². The van der Waals surface area contributed by atoms with Crippen LogP contribution in [0.15, 0.2) is 0 Å². The van der Waals surface area contributed by atoms with Crippen LogP contribution >= 0.6 is 0 Å². The van der Waals surface area contributed by atoms with Gasteiger partial charge in [-0.3, -0.25) is 0 Å². The average molecular weight is 212 g/mol. The maximum atomic E-state index is 5.81. The van der Waals surface area contributed by atoms with Gasteiger partial charge < -0.3 is 10.6 Å². The summed E-state index contributed by atoms with van der Waals surface area (Å²) in [5.74, 6) is 1.63. The van der Waals surface area contributed by atoms with Crippen LogP contribution in [0.1, 0.15) is 40.0 Å².